The molecule has 3 rings (SSSR count). The molecular weight excluding hydrogens is 390 g/mol. The number of esters is 1. The predicted molar refractivity (Wildman–Crippen MR) is 107 cm³/mol. The van der Waals surface area contributed by atoms with Crippen molar-refractivity contribution in [3.63, 3.8) is 0 Å². The van der Waals surface area contributed by atoms with Crippen molar-refractivity contribution >= 4 is 53.3 Å². The zero-order chi connectivity index (χ0) is 18.7. The average molecular weight is 406 g/mol. The van der Waals surface area contributed by atoms with Crippen LogP contribution in [0.3, 0.4) is 0 Å². The minimum absolute atomic E-state index is 0.314. The first-order valence-electron chi connectivity index (χ1n) is 7.89. The first-order valence-corrected chi connectivity index (χ1v) is 9.49. The lowest BCUT2D eigenvalue weighted by Gasteiger charge is -2.01. The summed E-state index contributed by atoms with van der Waals surface area (Å²) < 4.78 is 8.01. The number of nitrogens with zero attached hydrogens (tertiary/aromatic N) is 2. The third-order valence-electron chi connectivity index (χ3n) is 3.58. The molecule has 0 amide bonds. The number of carbonyl (C=O) groups excluding carboxylic acids is 1. The zero-order valence-corrected chi connectivity index (χ0v) is 16.5. The van der Waals surface area contributed by atoms with Crippen molar-refractivity contribution in [1.82, 2.24) is 14.8 Å². The third-order valence-corrected chi connectivity index (χ3v) is 5.14. The first-order chi connectivity index (χ1) is 12.5. The molecule has 0 fully saturated rings. The highest BCUT2D eigenvalue weighted by Gasteiger charge is 2.13. The van der Waals surface area contributed by atoms with Crippen LogP contribution in [0.1, 0.15) is 18.2 Å². The molecule has 134 valence electrons. The molecule has 1 N–H and O–H groups in total. The number of para-hydroxylation sites is 1. The Balaban J connectivity index is 2.14. The Hall–Kier alpha value is -2.22. The van der Waals surface area contributed by atoms with Gasteiger partial charge in [0.2, 0.25) is 0 Å². The maximum Gasteiger partial charge on any atom is 0.332 e. The molecule has 0 radical (unpaired) electrons. The third kappa shape index (κ3) is 3.95. The number of thiazole rings is 1. The average Bonchev–Trinajstić information content (AvgIpc) is 3.09. The van der Waals surface area contributed by atoms with Crippen molar-refractivity contribution in [2.24, 2.45) is 0 Å². The van der Waals surface area contributed by atoms with E-state index in [0.717, 1.165) is 21.5 Å². The van der Waals surface area contributed by atoms with Gasteiger partial charge in [-0.1, -0.05) is 29.8 Å². The number of hydrogen-bond donors (Lipinski definition) is 1. The van der Waals surface area contributed by atoms with Gasteiger partial charge in [-0.3, -0.25) is 0 Å². The van der Waals surface area contributed by atoms with E-state index in [1.54, 1.807) is 11.6 Å². The van der Waals surface area contributed by atoms with E-state index in [4.69, 9.17) is 28.6 Å². The summed E-state index contributed by atoms with van der Waals surface area (Å²) in [5, 5.41) is 5.62. The molecular formula is C18H16ClN3O2S2. The van der Waals surface area contributed by atoms with Crippen LogP contribution in [0.2, 0.25) is 5.15 Å². The second-order valence-electron chi connectivity index (χ2n) is 5.37. The molecule has 0 saturated carbocycles. The fourth-order valence-corrected chi connectivity index (χ4v) is 3.88. The van der Waals surface area contributed by atoms with E-state index in [9.17, 15) is 4.79 Å². The second kappa shape index (κ2) is 7.99. The van der Waals surface area contributed by atoms with Crippen LogP contribution in [0.5, 0.6) is 0 Å². The van der Waals surface area contributed by atoms with Gasteiger partial charge < -0.3 is 9.72 Å². The van der Waals surface area contributed by atoms with Crippen molar-refractivity contribution in [2.75, 3.05) is 6.61 Å². The van der Waals surface area contributed by atoms with Gasteiger partial charge in [-0.05, 0) is 44.3 Å². The number of aromatic amines is 1. The van der Waals surface area contributed by atoms with Gasteiger partial charge >= 0.3 is 5.97 Å². The van der Waals surface area contributed by atoms with Gasteiger partial charge in [-0.2, -0.15) is 5.10 Å². The van der Waals surface area contributed by atoms with E-state index in [1.165, 1.54) is 17.4 Å². The Morgan fingerprint density at radius 1 is 1.42 bits per heavy atom. The molecule has 5 nitrogen and oxygen atoms in total. The van der Waals surface area contributed by atoms with E-state index in [1.807, 2.05) is 43.3 Å². The van der Waals surface area contributed by atoms with Crippen molar-refractivity contribution < 1.29 is 9.53 Å². The maximum absolute atomic E-state index is 11.8. The highest BCUT2D eigenvalue weighted by Crippen LogP contribution is 2.23. The summed E-state index contributed by atoms with van der Waals surface area (Å²) in [5.41, 5.74) is 2.43. The number of hydrogen-bond acceptors (Lipinski definition) is 5. The van der Waals surface area contributed by atoms with Crippen molar-refractivity contribution in [1.29, 1.82) is 0 Å². The van der Waals surface area contributed by atoms with Gasteiger partial charge in [-0.25, -0.2) is 9.48 Å². The number of carbonyl (C=O) groups is 1. The summed E-state index contributed by atoms with van der Waals surface area (Å²) in [7, 11) is 0. The number of rotatable bonds is 4. The van der Waals surface area contributed by atoms with Crippen LogP contribution in [-0.4, -0.2) is 27.3 Å². The summed E-state index contributed by atoms with van der Waals surface area (Å²) in [4.78, 5) is 14.8. The molecule has 0 saturated heterocycles. The van der Waals surface area contributed by atoms with Gasteiger partial charge in [0.25, 0.3) is 0 Å². The molecule has 0 spiro atoms. The fraction of sp³-hybridized carbons (Fsp3) is 0.167. The number of nitrogens with one attached hydrogen (secondary N) is 1. The number of H-pyrrole nitrogens is 1. The molecule has 1 aromatic carbocycles. The number of benzene rings is 1. The monoisotopic (exact) mass is 405 g/mol. The van der Waals surface area contributed by atoms with Gasteiger partial charge in [0, 0.05) is 11.6 Å². The van der Waals surface area contributed by atoms with Crippen molar-refractivity contribution in [2.45, 2.75) is 13.8 Å². The van der Waals surface area contributed by atoms with E-state index >= 15 is 0 Å². The molecule has 0 aliphatic carbocycles. The lowest BCUT2D eigenvalue weighted by Crippen LogP contribution is -2.23. The van der Waals surface area contributed by atoms with Gasteiger partial charge in [0.15, 0.2) is 3.95 Å². The Kier molecular flexibility index (Phi) is 5.70. The Morgan fingerprint density at radius 2 is 2.15 bits per heavy atom. The quantitative estimate of drug-likeness (QED) is 0.535. The predicted octanol–water partition coefficient (Wildman–Crippen LogP) is 3.13. The van der Waals surface area contributed by atoms with Crippen molar-refractivity contribution in [3.8, 4) is 5.69 Å². The summed E-state index contributed by atoms with van der Waals surface area (Å²) in [6.45, 7) is 3.96. The Morgan fingerprint density at radius 3 is 2.85 bits per heavy atom. The highest BCUT2D eigenvalue weighted by atomic mass is 35.5. The minimum atomic E-state index is -0.422. The summed E-state index contributed by atoms with van der Waals surface area (Å²) in [5.74, 6) is -0.422. The molecule has 0 unspecified atom stereocenters. The van der Waals surface area contributed by atoms with E-state index in [0.29, 0.717) is 21.1 Å². The summed E-state index contributed by atoms with van der Waals surface area (Å²) in [6.07, 6.45) is 3.28. The smallest absolute Gasteiger partial charge is 0.332 e. The summed E-state index contributed by atoms with van der Waals surface area (Å²) >= 11 is 13.1. The topological polar surface area (TPSA) is 59.9 Å². The van der Waals surface area contributed by atoms with Gasteiger partial charge in [-0.15, -0.1) is 11.3 Å². The van der Waals surface area contributed by atoms with Crippen LogP contribution in [0, 0.1) is 10.9 Å². The summed E-state index contributed by atoms with van der Waals surface area (Å²) in [6, 6.07) is 9.65. The van der Waals surface area contributed by atoms with Crippen molar-refractivity contribution in [3.05, 3.63) is 60.6 Å². The van der Waals surface area contributed by atoms with Crippen LogP contribution in [0.15, 0.2) is 30.3 Å². The highest BCUT2D eigenvalue weighted by molar-refractivity contribution is 7.73. The molecule has 26 heavy (non-hydrogen) atoms. The van der Waals surface area contributed by atoms with Crippen LogP contribution in [-0.2, 0) is 9.53 Å². The van der Waals surface area contributed by atoms with Crippen LogP contribution in [0.25, 0.3) is 17.8 Å². The van der Waals surface area contributed by atoms with Crippen LogP contribution >= 0.6 is 35.2 Å². The lowest BCUT2D eigenvalue weighted by atomic mass is 10.2. The molecule has 0 aliphatic heterocycles. The van der Waals surface area contributed by atoms with Gasteiger partial charge in [0.05, 0.1) is 27.9 Å². The van der Waals surface area contributed by atoms with E-state index in [2.05, 4.69) is 10.1 Å². The zero-order valence-electron chi connectivity index (χ0n) is 14.2. The molecule has 8 heteroatoms. The largest absolute Gasteiger partial charge is 0.463 e. The fourth-order valence-electron chi connectivity index (χ4n) is 2.41. The van der Waals surface area contributed by atoms with E-state index in [-0.39, 0.29) is 0 Å². The van der Waals surface area contributed by atoms with E-state index < -0.39 is 5.97 Å². The Bertz CT molecular complexity index is 1110. The lowest BCUT2D eigenvalue weighted by molar-refractivity contribution is -0.135. The van der Waals surface area contributed by atoms with Crippen LogP contribution < -0.4 is 9.88 Å². The standard InChI is InChI=1S/C18H16ClN3O2S2/c1-3-24-16(23)10-14-15(26-18(25)20-14)9-13-11(2)21-22(17(13)19)12-7-5-4-6-8-12/h4-10H,3H2,1-2H3,(H,20,25)/b14-10-,15-9-. The van der Waals surface area contributed by atoms with Crippen LogP contribution in [0.4, 0.5) is 0 Å². The number of ether oxygens (including phenoxy) is 1. The molecule has 0 atom stereocenters. The number of aryl methyl sites for hydroxylation is 1. The van der Waals surface area contributed by atoms with Gasteiger partial charge in [0.1, 0.15) is 5.15 Å². The SMILES string of the molecule is CCOC(=O)/C=c1\[nH]c(=S)s\c1=C/c1c(C)nn(-c2ccccc2)c1Cl. The molecule has 2 aromatic heterocycles. The molecule has 2 heterocycles. The number of halogens is 1. The minimum Gasteiger partial charge on any atom is -0.463 e. The normalized spacial score (nSPS) is 12.6. The maximum atomic E-state index is 11.8. The molecule has 3 aromatic rings. The molecule has 0 aliphatic rings. The first kappa shape index (κ1) is 18.6. The Labute approximate surface area is 164 Å². The number of aromatic nitrogens is 3. The second-order valence-corrected chi connectivity index (χ2v) is 7.45. The molecule has 0 bridgehead atoms.